The van der Waals surface area contributed by atoms with E-state index >= 15 is 0 Å². The van der Waals surface area contributed by atoms with Gasteiger partial charge >= 0.3 is 6.03 Å². The number of halogens is 2. The highest BCUT2D eigenvalue weighted by Crippen LogP contribution is 2.21. The summed E-state index contributed by atoms with van der Waals surface area (Å²) < 4.78 is 12.8. The second kappa shape index (κ2) is 6.30. The van der Waals surface area contributed by atoms with Crippen LogP contribution in [0.25, 0.3) is 0 Å². The predicted molar refractivity (Wildman–Crippen MR) is 60.1 cm³/mol. The summed E-state index contributed by atoms with van der Waals surface area (Å²) in [6.07, 6.45) is 0.463. The number of rotatable bonds is 4. The SMILES string of the molecule is O=C(NCCCO)Nc1cc(F)ccc1Cl. The summed E-state index contributed by atoms with van der Waals surface area (Å²) >= 11 is 5.75. The molecule has 0 aliphatic carbocycles. The molecule has 0 bridgehead atoms. The second-order valence-electron chi connectivity index (χ2n) is 3.08. The van der Waals surface area contributed by atoms with E-state index in [1.807, 2.05) is 0 Å². The van der Waals surface area contributed by atoms with Gasteiger partial charge in [0.1, 0.15) is 5.82 Å². The molecule has 0 saturated heterocycles. The maximum absolute atomic E-state index is 12.8. The molecule has 0 radical (unpaired) electrons. The van der Waals surface area contributed by atoms with Crippen molar-refractivity contribution >= 4 is 23.3 Å². The van der Waals surface area contributed by atoms with Gasteiger partial charge in [-0.2, -0.15) is 0 Å². The highest BCUT2D eigenvalue weighted by molar-refractivity contribution is 6.33. The van der Waals surface area contributed by atoms with Crippen molar-refractivity contribution in [3.05, 3.63) is 29.0 Å². The summed E-state index contributed by atoms with van der Waals surface area (Å²) in [6, 6.07) is 3.21. The van der Waals surface area contributed by atoms with Crippen LogP contribution in [0.1, 0.15) is 6.42 Å². The molecule has 0 spiro atoms. The number of amides is 2. The Balaban J connectivity index is 2.52. The van der Waals surface area contributed by atoms with Crippen LogP contribution in [0.5, 0.6) is 0 Å². The first-order valence-electron chi connectivity index (χ1n) is 4.74. The number of urea groups is 1. The zero-order valence-corrected chi connectivity index (χ0v) is 9.22. The Morgan fingerprint density at radius 1 is 1.50 bits per heavy atom. The van der Waals surface area contributed by atoms with Gasteiger partial charge in [0.05, 0.1) is 10.7 Å². The first kappa shape index (κ1) is 12.7. The third kappa shape index (κ3) is 4.04. The number of aliphatic hydroxyl groups excluding tert-OH is 1. The molecule has 4 nitrogen and oxygen atoms in total. The molecule has 3 N–H and O–H groups in total. The first-order valence-corrected chi connectivity index (χ1v) is 5.12. The molecule has 0 aromatic heterocycles. The zero-order chi connectivity index (χ0) is 12.0. The summed E-state index contributed by atoms with van der Waals surface area (Å²) in [5, 5.41) is 13.7. The molecule has 88 valence electrons. The van der Waals surface area contributed by atoms with Gasteiger partial charge in [-0.15, -0.1) is 0 Å². The van der Waals surface area contributed by atoms with Crippen molar-refractivity contribution in [1.29, 1.82) is 0 Å². The molecular weight excluding hydrogens is 235 g/mol. The predicted octanol–water partition coefficient (Wildman–Crippen LogP) is 1.98. The van der Waals surface area contributed by atoms with Crippen LogP contribution >= 0.6 is 11.6 Å². The second-order valence-corrected chi connectivity index (χ2v) is 3.49. The number of nitrogens with one attached hydrogen (secondary N) is 2. The van der Waals surface area contributed by atoms with E-state index in [1.54, 1.807) is 0 Å². The maximum Gasteiger partial charge on any atom is 0.319 e. The van der Waals surface area contributed by atoms with Gasteiger partial charge in [-0.3, -0.25) is 0 Å². The van der Waals surface area contributed by atoms with Gasteiger partial charge in [0, 0.05) is 13.2 Å². The fourth-order valence-corrected chi connectivity index (χ4v) is 1.21. The lowest BCUT2D eigenvalue weighted by Crippen LogP contribution is -2.30. The molecule has 0 saturated carbocycles. The van der Waals surface area contributed by atoms with Gasteiger partial charge in [-0.1, -0.05) is 11.6 Å². The molecule has 0 aliphatic heterocycles. The maximum atomic E-state index is 12.8. The Morgan fingerprint density at radius 2 is 2.25 bits per heavy atom. The Hall–Kier alpha value is -1.33. The van der Waals surface area contributed by atoms with Gasteiger partial charge in [0.15, 0.2) is 0 Å². The minimum Gasteiger partial charge on any atom is -0.396 e. The Labute approximate surface area is 97.4 Å². The summed E-state index contributed by atoms with van der Waals surface area (Å²) in [4.78, 5) is 11.3. The topological polar surface area (TPSA) is 61.4 Å². The molecule has 0 atom stereocenters. The third-order valence-corrected chi connectivity index (χ3v) is 2.13. The molecule has 0 heterocycles. The van der Waals surface area contributed by atoms with Crippen molar-refractivity contribution in [1.82, 2.24) is 5.32 Å². The molecule has 0 aliphatic rings. The summed E-state index contributed by atoms with van der Waals surface area (Å²) in [5.41, 5.74) is 0.211. The Kier molecular flexibility index (Phi) is 5.01. The van der Waals surface area contributed by atoms with Crippen LogP contribution in [0.4, 0.5) is 14.9 Å². The van der Waals surface area contributed by atoms with E-state index in [-0.39, 0.29) is 17.3 Å². The van der Waals surface area contributed by atoms with E-state index < -0.39 is 11.8 Å². The van der Waals surface area contributed by atoms with Gasteiger partial charge in [0.2, 0.25) is 0 Å². The molecule has 16 heavy (non-hydrogen) atoms. The van der Waals surface area contributed by atoms with Crippen LogP contribution in [0.2, 0.25) is 5.02 Å². The van der Waals surface area contributed by atoms with E-state index in [9.17, 15) is 9.18 Å². The largest absolute Gasteiger partial charge is 0.396 e. The normalized spacial score (nSPS) is 9.94. The summed E-state index contributed by atoms with van der Waals surface area (Å²) in [7, 11) is 0. The van der Waals surface area contributed by atoms with Crippen LogP contribution < -0.4 is 10.6 Å². The lowest BCUT2D eigenvalue weighted by atomic mass is 10.3. The average Bonchev–Trinajstić information content (AvgIpc) is 2.24. The van der Waals surface area contributed by atoms with E-state index in [0.29, 0.717) is 13.0 Å². The monoisotopic (exact) mass is 246 g/mol. The molecule has 1 aromatic rings. The van der Waals surface area contributed by atoms with Crippen molar-refractivity contribution in [2.24, 2.45) is 0 Å². The van der Waals surface area contributed by atoms with E-state index in [1.165, 1.54) is 12.1 Å². The van der Waals surface area contributed by atoms with Crippen LogP contribution in [0.3, 0.4) is 0 Å². The van der Waals surface area contributed by atoms with E-state index in [0.717, 1.165) is 6.07 Å². The lowest BCUT2D eigenvalue weighted by Gasteiger charge is -2.08. The molecular formula is C10H12ClFN2O2. The minimum atomic E-state index is -0.485. The minimum absolute atomic E-state index is 0.000993. The quantitative estimate of drug-likeness (QED) is 0.712. The molecule has 1 aromatic carbocycles. The average molecular weight is 247 g/mol. The standard InChI is InChI=1S/C10H12ClFN2O2/c11-8-3-2-7(12)6-9(8)14-10(16)13-4-1-5-15/h2-3,6,15H,1,4-5H2,(H2,13,14,16). The van der Waals surface area contributed by atoms with Crippen molar-refractivity contribution < 1.29 is 14.3 Å². The number of carbonyl (C=O) groups excluding carboxylic acids is 1. The Morgan fingerprint density at radius 3 is 2.94 bits per heavy atom. The molecule has 1 rings (SSSR count). The van der Waals surface area contributed by atoms with Crippen LogP contribution in [-0.4, -0.2) is 24.3 Å². The van der Waals surface area contributed by atoms with Gasteiger partial charge < -0.3 is 15.7 Å². The molecule has 0 unspecified atom stereocenters. The van der Waals surface area contributed by atoms with Crippen LogP contribution in [0, 0.1) is 5.82 Å². The lowest BCUT2D eigenvalue weighted by molar-refractivity contribution is 0.249. The van der Waals surface area contributed by atoms with Gasteiger partial charge in [-0.25, -0.2) is 9.18 Å². The highest BCUT2D eigenvalue weighted by Gasteiger charge is 2.05. The van der Waals surface area contributed by atoms with Gasteiger partial charge in [0.25, 0.3) is 0 Å². The number of aliphatic hydroxyl groups is 1. The van der Waals surface area contributed by atoms with Crippen LogP contribution in [-0.2, 0) is 0 Å². The fraction of sp³-hybridized carbons (Fsp3) is 0.300. The summed E-state index contributed by atoms with van der Waals surface area (Å²) in [6.45, 7) is 0.344. The molecule has 0 fully saturated rings. The zero-order valence-electron chi connectivity index (χ0n) is 8.46. The smallest absolute Gasteiger partial charge is 0.319 e. The first-order chi connectivity index (χ1) is 7.63. The van der Waals surface area contributed by atoms with Crippen molar-refractivity contribution in [2.75, 3.05) is 18.5 Å². The molecule has 6 heteroatoms. The van der Waals surface area contributed by atoms with Crippen molar-refractivity contribution in [3.8, 4) is 0 Å². The molecule has 2 amide bonds. The van der Waals surface area contributed by atoms with Crippen LogP contribution in [0.15, 0.2) is 18.2 Å². The van der Waals surface area contributed by atoms with E-state index in [4.69, 9.17) is 16.7 Å². The number of hydrogen-bond donors (Lipinski definition) is 3. The van der Waals surface area contributed by atoms with Crippen molar-refractivity contribution in [3.63, 3.8) is 0 Å². The fourth-order valence-electron chi connectivity index (χ4n) is 1.04. The number of hydrogen-bond acceptors (Lipinski definition) is 2. The van der Waals surface area contributed by atoms with Gasteiger partial charge in [-0.05, 0) is 24.6 Å². The van der Waals surface area contributed by atoms with E-state index in [2.05, 4.69) is 10.6 Å². The van der Waals surface area contributed by atoms with Crippen molar-refractivity contribution in [2.45, 2.75) is 6.42 Å². The number of carbonyl (C=O) groups is 1. The number of anilines is 1. The third-order valence-electron chi connectivity index (χ3n) is 1.80. The summed E-state index contributed by atoms with van der Waals surface area (Å²) in [5.74, 6) is -0.477. The Bertz CT molecular complexity index is 374. The highest BCUT2D eigenvalue weighted by atomic mass is 35.5. The number of benzene rings is 1.